The second-order valence-corrected chi connectivity index (χ2v) is 3.75. The van der Waals surface area contributed by atoms with Crippen LogP contribution in [0.4, 0.5) is 0 Å². The highest BCUT2D eigenvalue weighted by molar-refractivity contribution is 7.21. The van der Waals surface area contributed by atoms with E-state index in [4.69, 9.17) is 4.74 Å². The van der Waals surface area contributed by atoms with E-state index in [-0.39, 0.29) is 5.48 Å². The van der Waals surface area contributed by atoms with Crippen molar-refractivity contribution < 1.29 is 9.84 Å². The van der Waals surface area contributed by atoms with Gasteiger partial charge in [0.1, 0.15) is 5.75 Å². The van der Waals surface area contributed by atoms with Gasteiger partial charge in [0, 0.05) is 5.56 Å². The first-order valence-electron chi connectivity index (χ1n) is 4.56. The van der Waals surface area contributed by atoms with Crippen molar-refractivity contribution in [2.75, 3.05) is 7.11 Å². The van der Waals surface area contributed by atoms with Crippen molar-refractivity contribution in [3.63, 3.8) is 0 Å². The lowest BCUT2D eigenvalue weighted by molar-refractivity contribution is 0.415. The van der Waals surface area contributed by atoms with E-state index in [2.05, 4.69) is 8.86 Å². The minimum absolute atomic E-state index is 0.139. The van der Waals surface area contributed by atoms with E-state index in [1.165, 1.54) is 0 Å². The summed E-state index contributed by atoms with van der Waals surface area (Å²) in [6.45, 7) is 0. The van der Waals surface area contributed by atoms with Crippen LogP contribution >= 0.6 is 8.86 Å². The van der Waals surface area contributed by atoms with Crippen LogP contribution in [-0.4, -0.2) is 17.7 Å². The highest BCUT2D eigenvalue weighted by Crippen LogP contribution is 2.22. The van der Waals surface area contributed by atoms with Gasteiger partial charge in [-0.3, -0.25) is 0 Å². The molecule has 2 nitrogen and oxygen atoms in total. The Balaban J connectivity index is 2.62. The van der Waals surface area contributed by atoms with Crippen LogP contribution in [0.3, 0.4) is 0 Å². The van der Waals surface area contributed by atoms with Crippen LogP contribution in [0.5, 0.6) is 5.75 Å². The molecule has 0 radical (unpaired) electrons. The fourth-order valence-corrected chi connectivity index (χ4v) is 1.65. The number of ether oxygens (including phenoxy) is 1. The minimum Gasteiger partial charge on any atom is -0.497 e. The molecule has 0 unspecified atom stereocenters. The average molecular weight is 218 g/mol. The summed E-state index contributed by atoms with van der Waals surface area (Å²) in [6, 6.07) is 11.6. The molecule has 2 rings (SSSR count). The van der Waals surface area contributed by atoms with Crippen LogP contribution in [0.1, 0.15) is 5.56 Å². The lowest BCUT2D eigenvalue weighted by Crippen LogP contribution is -1.93. The molecule has 2 aromatic carbocycles. The van der Waals surface area contributed by atoms with E-state index < -0.39 is 0 Å². The smallest absolute Gasteiger partial charge is 0.119 e. The third kappa shape index (κ3) is 2.01. The molecule has 0 spiro atoms. The van der Waals surface area contributed by atoms with Gasteiger partial charge in [0.2, 0.25) is 0 Å². The van der Waals surface area contributed by atoms with Gasteiger partial charge in [0.25, 0.3) is 0 Å². The number of aliphatic hydroxyl groups excluding tert-OH is 1. The van der Waals surface area contributed by atoms with Gasteiger partial charge in [0.15, 0.2) is 0 Å². The molecule has 0 saturated heterocycles. The molecule has 0 aromatic heterocycles. The molecule has 15 heavy (non-hydrogen) atoms. The van der Waals surface area contributed by atoms with Gasteiger partial charge in [-0.2, -0.15) is 0 Å². The van der Waals surface area contributed by atoms with E-state index in [9.17, 15) is 5.11 Å². The second kappa shape index (κ2) is 4.01. The van der Waals surface area contributed by atoms with E-state index in [1.54, 1.807) is 7.11 Å². The fraction of sp³-hybridized carbons (Fsp3) is 0.0833. The molecule has 0 amide bonds. The predicted molar refractivity (Wildman–Crippen MR) is 64.9 cm³/mol. The number of benzene rings is 2. The maximum absolute atomic E-state index is 9.31. The van der Waals surface area contributed by atoms with Crippen LogP contribution in [0.15, 0.2) is 36.4 Å². The van der Waals surface area contributed by atoms with Crippen molar-refractivity contribution in [1.82, 2.24) is 0 Å². The molecule has 0 fully saturated rings. The van der Waals surface area contributed by atoms with Gasteiger partial charge in [-0.1, -0.05) is 27.1 Å². The zero-order chi connectivity index (χ0) is 10.8. The SMILES string of the molecule is COc1ccc2ccc(C(O)=P)cc2c1. The van der Waals surface area contributed by atoms with Crippen molar-refractivity contribution in [3.8, 4) is 5.75 Å². The van der Waals surface area contributed by atoms with Crippen molar-refractivity contribution in [3.05, 3.63) is 42.0 Å². The third-order valence-electron chi connectivity index (χ3n) is 2.32. The topological polar surface area (TPSA) is 29.5 Å². The highest BCUT2D eigenvalue weighted by Gasteiger charge is 2.00. The van der Waals surface area contributed by atoms with Crippen LogP contribution in [0.25, 0.3) is 10.8 Å². The molecule has 0 heterocycles. The van der Waals surface area contributed by atoms with Gasteiger partial charge in [-0.15, -0.1) is 0 Å². The van der Waals surface area contributed by atoms with E-state index >= 15 is 0 Å². The summed E-state index contributed by atoms with van der Waals surface area (Å²) < 4.78 is 5.14. The van der Waals surface area contributed by atoms with E-state index in [0.29, 0.717) is 0 Å². The molecule has 0 atom stereocenters. The zero-order valence-corrected chi connectivity index (χ0v) is 9.32. The largest absolute Gasteiger partial charge is 0.497 e. The summed E-state index contributed by atoms with van der Waals surface area (Å²) >= 11 is 0. The highest BCUT2D eigenvalue weighted by atomic mass is 31.0. The Kier molecular flexibility index (Phi) is 2.72. The summed E-state index contributed by atoms with van der Waals surface area (Å²) in [7, 11) is 4.73. The van der Waals surface area contributed by atoms with Crippen LogP contribution in [0.2, 0.25) is 0 Å². The van der Waals surface area contributed by atoms with Gasteiger partial charge in [-0.05, 0) is 29.0 Å². The Morgan fingerprint density at radius 3 is 2.53 bits per heavy atom. The summed E-state index contributed by atoms with van der Waals surface area (Å²) in [5.41, 5.74) is 0.895. The third-order valence-corrected chi connectivity index (χ3v) is 2.61. The molecule has 0 aliphatic heterocycles. The Bertz CT molecular complexity index is 520. The second-order valence-electron chi connectivity index (χ2n) is 3.28. The molecule has 76 valence electrons. The number of aliphatic hydroxyl groups is 1. The van der Waals surface area contributed by atoms with Crippen molar-refractivity contribution in [1.29, 1.82) is 0 Å². The normalized spacial score (nSPS) is 10.3. The summed E-state index contributed by atoms with van der Waals surface area (Å²) in [6.07, 6.45) is 0. The number of methoxy groups -OCH3 is 1. The minimum atomic E-state index is 0.139. The first kappa shape index (κ1) is 10.2. The molecule has 0 bridgehead atoms. The quantitative estimate of drug-likeness (QED) is 0.785. The number of hydrogen-bond acceptors (Lipinski definition) is 1. The number of hydrogen-bond donors (Lipinski definition) is 1. The molecule has 1 N–H and O–H groups in total. The van der Waals surface area contributed by atoms with E-state index in [0.717, 1.165) is 22.1 Å². The van der Waals surface area contributed by atoms with Gasteiger partial charge in [0.05, 0.1) is 12.6 Å². The van der Waals surface area contributed by atoms with Gasteiger partial charge in [-0.25, -0.2) is 0 Å². The Morgan fingerprint density at radius 1 is 1.13 bits per heavy atom. The first-order valence-corrected chi connectivity index (χ1v) is 5.06. The standard InChI is InChI=1S/C12H11O2P/c1-14-11-5-4-8-2-3-9(12(13)15)6-10(8)7-11/h2-7,13,15H,1H3. The maximum Gasteiger partial charge on any atom is 0.119 e. The van der Waals surface area contributed by atoms with E-state index in [1.807, 2.05) is 36.4 Å². The summed E-state index contributed by atoms with van der Waals surface area (Å²) in [5.74, 6) is 0.813. The summed E-state index contributed by atoms with van der Waals surface area (Å²) in [5, 5.41) is 11.5. The Labute approximate surface area is 90.3 Å². The molecular weight excluding hydrogens is 207 g/mol. The van der Waals surface area contributed by atoms with Crippen molar-refractivity contribution in [2.45, 2.75) is 0 Å². The Morgan fingerprint density at radius 2 is 1.87 bits per heavy atom. The average Bonchev–Trinajstić information content (AvgIpc) is 2.27. The summed E-state index contributed by atoms with van der Waals surface area (Å²) in [4.78, 5) is 0. The fourth-order valence-electron chi connectivity index (χ4n) is 1.50. The molecule has 0 aliphatic carbocycles. The number of rotatable bonds is 2. The molecule has 2 aromatic rings. The van der Waals surface area contributed by atoms with Crippen LogP contribution in [0, 0.1) is 0 Å². The van der Waals surface area contributed by atoms with Gasteiger partial charge >= 0.3 is 0 Å². The lowest BCUT2D eigenvalue weighted by atomic mass is 10.1. The van der Waals surface area contributed by atoms with Crippen molar-refractivity contribution >= 4 is 25.1 Å². The number of fused-ring (bicyclic) bond motifs is 1. The maximum atomic E-state index is 9.31. The Hall–Kier alpha value is -1.37. The zero-order valence-electron chi connectivity index (χ0n) is 8.32. The van der Waals surface area contributed by atoms with Crippen molar-refractivity contribution in [2.24, 2.45) is 0 Å². The monoisotopic (exact) mass is 218 g/mol. The molecule has 0 saturated carbocycles. The predicted octanol–water partition coefficient (Wildman–Crippen LogP) is 2.84. The first-order chi connectivity index (χ1) is 7.20. The van der Waals surface area contributed by atoms with Crippen LogP contribution in [-0.2, 0) is 0 Å². The van der Waals surface area contributed by atoms with Gasteiger partial charge < -0.3 is 9.84 Å². The van der Waals surface area contributed by atoms with Crippen LogP contribution < -0.4 is 4.74 Å². The molecule has 3 heteroatoms. The molecule has 0 aliphatic rings. The lowest BCUT2D eigenvalue weighted by Gasteiger charge is -2.04. The molecular formula is C12H11O2P.